The molecule has 0 aromatic carbocycles. The average Bonchev–Trinajstić information content (AvgIpc) is 2.29. The fraction of sp³-hybridized carbons (Fsp3) is 0.917. The first-order chi connectivity index (χ1) is 8.08. The minimum atomic E-state index is -0.831. The molecule has 0 aromatic heterocycles. The Labute approximate surface area is 106 Å². The SMILES string of the molecule is CNC1(CC(=O)NCCS(C)=O)CCCCC1. The Bertz CT molecular complexity index is 276. The first-order valence-electron chi connectivity index (χ1n) is 6.34. The lowest BCUT2D eigenvalue weighted by atomic mass is 9.79. The van der Waals surface area contributed by atoms with Gasteiger partial charge in [-0.25, -0.2) is 0 Å². The van der Waals surface area contributed by atoms with Gasteiger partial charge in [0.15, 0.2) is 0 Å². The van der Waals surface area contributed by atoms with Gasteiger partial charge in [-0.2, -0.15) is 0 Å². The van der Waals surface area contributed by atoms with Crippen LogP contribution in [0.3, 0.4) is 0 Å². The molecule has 1 saturated carbocycles. The maximum atomic E-state index is 11.8. The lowest BCUT2D eigenvalue weighted by Gasteiger charge is -2.36. The van der Waals surface area contributed by atoms with E-state index in [1.165, 1.54) is 19.3 Å². The quantitative estimate of drug-likeness (QED) is 0.742. The number of hydrogen-bond donors (Lipinski definition) is 2. The Balaban J connectivity index is 2.34. The van der Waals surface area contributed by atoms with E-state index in [0.29, 0.717) is 18.7 Å². The average molecular weight is 260 g/mol. The van der Waals surface area contributed by atoms with Gasteiger partial charge in [0.05, 0.1) is 0 Å². The molecule has 0 bridgehead atoms. The van der Waals surface area contributed by atoms with Crippen LogP contribution in [0.4, 0.5) is 0 Å². The molecule has 100 valence electrons. The van der Waals surface area contributed by atoms with Gasteiger partial charge < -0.3 is 10.6 Å². The summed E-state index contributed by atoms with van der Waals surface area (Å²) in [6.45, 7) is 0.516. The number of amides is 1. The minimum absolute atomic E-state index is 0.00625. The van der Waals surface area contributed by atoms with E-state index in [-0.39, 0.29) is 11.4 Å². The molecule has 2 N–H and O–H groups in total. The van der Waals surface area contributed by atoms with Crippen molar-refractivity contribution < 1.29 is 9.00 Å². The number of hydrogen-bond acceptors (Lipinski definition) is 3. The molecule has 0 spiro atoms. The normalized spacial score (nSPS) is 20.8. The van der Waals surface area contributed by atoms with Gasteiger partial charge in [-0.1, -0.05) is 19.3 Å². The van der Waals surface area contributed by atoms with Crippen LogP contribution in [-0.2, 0) is 15.6 Å². The van der Waals surface area contributed by atoms with Gasteiger partial charge in [0.25, 0.3) is 0 Å². The highest BCUT2D eigenvalue weighted by atomic mass is 32.2. The molecular formula is C12H24N2O2S. The monoisotopic (exact) mass is 260 g/mol. The maximum Gasteiger partial charge on any atom is 0.221 e. The summed E-state index contributed by atoms with van der Waals surface area (Å²) in [6, 6.07) is 0. The number of nitrogens with one attached hydrogen (secondary N) is 2. The van der Waals surface area contributed by atoms with E-state index >= 15 is 0 Å². The smallest absolute Gasteiger partial charge is 0.221 e. The van der Waals surface area contributed by atoms with Crippen LogP contribution < -0.4 is 10.6 Å². The number of carbonyl (C=O) groups excluding carboxylic acids is 1. The van der Waals surface area contributed by atoms with Crippen molar-refractivity contribution in [2.75, 3.05) is 25.6 Å². The zero-order chi connectivity index (χ0) is 12.7. The van der Waals surface area contributed by atoms with Crippen LogP contribution in [0, 0.1) is 0 Å². The predicted molar refractivity (Wildman–Crippen MR) is 71.4 cm³/mol. The molecule has 0 radical (unpaired) electrons. The second-order valence-corrected chi connectivity index (χ2v) is 6.45. The van der Waals surface area contributed by atoms with E-state index < -0.39 is 10.8 Å². The molecule has 4 nitrogen and oxygen atoms in total. The van der Waals surface area contributed by atoms with Gasteiger partial charge in [0.2, 0.25) is 5.91 Å². The fourth-order valence-electron chi connectivity index (χ4n) is 2.45. The van der Waals surface area contributed by atoms with Crippen LogP contribution in [0.1, 0.15) is 38.5 Å². The van der Waals surface area contributed by atoms with Gasteiger partial charge in [0, 0.05) is 41.3 Å². The van der Waals surface area contributed by atoms with E-state index in [2.05, 4.69) is 10.6 Å². The highest BCUT2D eigenvalue weighted by Gasteiger charge is 2.32. The molecule has 1 rings (SSSR count). The molecule has 1 aliphatic rings. The summed E-state index contributed by atoms with van der Waals surface area (Å²) in [5, 5.41) is 6.18. The second-order valence-electron chi connectivity index (χ2n) is 4.90. The Hall–Kier alpha value is -0.420. The summed E-state index contributed by atoms with van der Waals surface area (Å²) < 4.78 is 10.9. The molecule has 1 aliphatic carbocycles. The van der Waals surface area contributed by atoms with Crippen LogP contribution in [0.2, 0.25) is 0 Å². The third-order valence-corrected chi connectivity index (χ3v) is 4.33. The largest absolute Gasteiger partial charge is 0.355 e. The summed E-state index contributed by atoms with van der Waals surface area (Å²) in [5.74, 6) is 0.616. The van der Waals surface area contributed by atoms with Crippen molar-refractivity contribution >= 4 is 16.7 Å². The van der Waals surface area contributed by atoms with Crippen molar-refractivity contribution in [2.24, 2.45) is 0 Å². The maximum absolute atomic E-state index is 11.8. The van der Waals surface area contributed by atoms with Crippen LogP contribution in [0.15, 0.2) is 0 Å². The van der Waals surface area contributed by atoms with Crippen molar-refractivity contribution in [2.45, 2.75) is 44.1 Å². The summed E-state index contributed by atoms with van der Waals surface area (Å²) in [5.41, 5.74) is -0.00625. The van der Waals surface area contributed by atoms with Crippen molar-refractivity contribution in [3.63, 3.8) is 0 Å². The molecule has 1 amide bonds. The molecule has 5 heteroatoms. The van der Waals surface area contributed by atoms with Crippen LogP contribution in [-0.4, -0.2) is 41.3 Å². The second kappa shape index (κ2) is 7.11. The highest BCUT2D eigenvalue weighted by molar-refractivity contribution is 7.84. The number of carbonyl (C=O) groups is 1. The van der Waals surface area contributed by atoms with E-state index in [4.69, 9.17) is 0 Å². The fourth-order valence-corrected chi connectivity index (χ4v) is 2.84. The molecule has 0 aromatic rings. The minimum Gasteiger partial charge on any atom is -0.355 e. The zero-order valence-corrected chi connectivity index (χ0v) is 11.7. The van der Waals surface area contributed by atoms with Crippen molar-refractivity contribution in [3.05, 3.63) is 0 Å². The van der Waals surface area contributed by atoms with Gasteiger partial charge in [-0.3, -0.25) is 9.00 Å². The Morgan fingerprint density at radius 1 is 1.29 bits per heavy atom. The van der Waals surface area contributed by atoms with Crippen molar-refractivity contribution in [1.82, 2.24) is 10.6 Å². The van der Waals surface area contributed by atoms with E-state index in [1.807, 2.05) is 7.05 Å². The highest BCUT2D eigenvalue weighted by Crippen LogP contribution is 2.30. The zero-order valence-electron chi connectivity index (χ0n) is 10.9. The molecular weight excluding hydrogens is 236 g/mol. The van der Waals surface area contributed by atoms with Crippen LogP contribution in [0.5, 0.6) is 0 Å². The van der Waals surface area contributed by atoms with Gasteiger partial charge in [-0.05, 0) is 19.9 Å². The summed E-state index contributed by atoms with van der Waals surface area (Å²) in [6.07, 6.45) is 8.04. The number of rotatable bonds is 6. The standard InChI is InChI=1S/C12H24N2O2S/c1-13-12(6-4-3-5-7-12)10-11(15)14-8-9-17(2)16/h13H,3-10H2,1-2H3,(H,14,15). The van der Waals surface area contributed by atoms with Gasteiger partial charge >= 0.3 is 0 Å². The molecule has 1 unspecified atom stereocenters. The molecule has 0 aliphatic heterocycles. The lowest BCUT2D eigenvalue weighted by molar-refractivity contribution is -0.122. The van der Waals surface area contributed by atoms with E-state index in [9.17, 15) is 9.00 Å². The van der Waals surface area contributed by atoms with E-state index in [0.717, 1.165) is 12.8 Å². The molecule has 17 heavy (non-hydrogen) atoms. The first kappa shape index (κ1) is 14.6. The van der Waals surface area contributed by atoms with Crippen molar-refractivity contribution in [3.8, 4) is 0 Å². The lowest BCUT2D eigenvalue weighted by Crippen LogP contribution is -2.48. The van der Waals surface area contributed by atoms with Gasteiger partial charge in [0.1, 0.15) is 0 Å². The van der Waals surface area contributed by atoms with Crippen LogP contribution >= 0.6 is 0 Å². The Morgan fingerprint density at radius 2 is 1.94 bits per heavy atom. The summed E-state index contributed by atoms with van der Waals surface area (Å²) in [4.78, 5) is 11.8. The first-order valence-corrected chi connectivity index (χ1v) is 8.06. The topological polar surface area (TPSA) is 58.2 Å². The summed E-state index contributed by atoms with van der Waals surface area (Å²) >= 11 is 0. The van der Waals surface area contributed by atoms with E-state index in [1.54, 1.807) is 6.26 Å². The predicted octanol–water partition coefficient (Wildman–Crippen LogP) is 0.793. The third-order valence-electron chi connectivity index (χ3n) is 3.55. The van der Waals surface area contributed by atoms with Gasteiger partial charge in [-0.15, -0.1) is 0 Å². The Kier molecular flexibility index (Phi) is 6.12. The third kappa shape index (κ3) is 5.17. The Morgan fingerprint density at radius 3 is 2.47 bits per heavy atom. The van der Waals surface area contributed by atoms with Crippen molar-refractivity contribution in [1.29, 1.82) is 0 Å². The summed E-state index contributed by atoms with van der Waals surface area (Å²) in [7, 11) is 1.11. The molecule has 0 heterocycles. The van der Waals surface area contributed by atoms with Crippen LogP contribution in [0.25, 0.3) is 0 Å². The molecule has 1 atom stereocenters. The molecule has 0 saturated heterocycles. The molecule has 1 fully saturated rings.